The van der Waals surface area contributed by atoms with Crippen molar-refractivity contribution in [1.82, 2.24) is 10.6 Å². The van der Waals surface area contributed by atoms with E-state index in [1.54, 1.807) is 84.9 Å². The number of carbonyl (C=O) groups excluding carboxylic acids is 4. The van der Waals surface area contributed by atoms with E-state index in [9.17, 15) is 24.3 Å². The molecule has 0 radical (unpaired) electrons. The van der Waals surface area contributed by atoms with E-state index in [2.05, 4.69) is 26.6 Å². The highest BCUT2D eigenvalue weighted by molar-refractivity contribution is 7.80. The molecule has 0 bridgehead atoms. The molecule has 0 saturated heterocycles. The Morgan fingerprint density at radius 2 is 1.25 bits per heavy atom. The number of thiocarbonyl (C=S) groups is 1. The molecular formula is C30H32N6O7S. The minimum atomic E-state index is -2.19. The first-order valence-corrected chi connectivity index (χ1v) is 14.0. The maximum Gasteiger partial charge on any atom is 0.412 e. The average molecular weight is 621 g/mol. The molecule has 1 aliphatic rings. The van der Waals surface area contributed by atoms with Gasteiger partial charge in [-0.05, 0) is 48.6 Å². The number of hydrogen-bond acceptors (Lipinski definition) is 8. The van der Waals surface area contributed by atoms with Gasteiger partial charge in [-0.3, -0.25) is 20.2 Å². The summed E-state index contributed by atoms with van der Waals surface area (Å²) in [4.78, 5) is 50.5. The predicted octanol–water partition coefficient (Wildman–Crippen LogP) is 2.70. The van der Waals surface area contributed by atoms with Gasteiger partial charge in [-0.1, -0.05) is 54.6 Å². The van der Waals surface area contributed by atoms with Crippen molar-refractivity contribution in [3.63, 3.8) is 0 Å². The van der Waals surface area contributed by atoms with Gasteiger partial charge in [0.1, 0.15) is 11.7 Å². The Balaban J connectivity index is 1.62. The molecule has 0 aromatic heterocycles. The van der Waals surface area contributed by atoms with Crippen LogP contribution in [0.5, 0.6) is 0 Å². The number of aliphatic hydroxyl groups is 1. The van der Waals surface area contributed by atoms with Gasteiger partial charge in [0, 0.05) is 29.9 Å². The number of benzene rings is 3. The molecule has 1 fully saturated rings. The van der Waals surface area contributed by atoms with Gasteiger partial charge in [-0.25, -0.2) is 9.59 Å². The molecule has 0 aliphatic heterocycles. The molecule has 230 valence electrons. The number of rotatable bonds is 9. The second-order valence-corrected chi connectivity index (χ2v) is 10.4. The number of ether oxygens (including phenoxy) is 2. The van der Waals surface area contributed by atoms with Gasteiger partial charge < -0.3 is 36.3 Å². The highest BCUT2D eigenvalue weighted by Gasteiger charge is 2.53. The molecule has 14 heteroatoms. The van der Waals surface area contributed by atoms with E-state index < -0.39 is 60.8 Å². The van der Waals surface area contributed by atoms with Crippen LogP contribution in [0.1, 0.15) is 12.8 Å². The lowest BCUT2D eigenvalue weighted by atomic mass is 9.77. The zero-order chi connectivity index (χ0) is 31.5. The monoisotopic (exact) mass is 620 g/mol. The van der Waals surface area contributed by atoms with Crippen LogP contribution in [0, 0.1) is 0 Å². The second-order valence-electron chi connectivity index (χ2n) is 9.96. The Morgan fingerprint density at radius 3 is 1.75 bits per heavy atom. The predicted molar refractivity (Wildman–Crippen MR) is 167 cm³/mol. The van der Waals surface area contributed by atoms with Gasteiger partial charge in [-0.2, -0.15) is 0 Å². The number of anilines is 3. The van der Waals surface area contributed by atoms with E-state index in [1.807, 2.05) is 6.07 Å². The normalized spacial score (nSPS) is 20.7. The van der Waals surface area contributed by atoms with E-state index in [0.717, 1.165) is 0 Å². The summed E-state index contributed by atoms with van der Waals surface area (Å²) in [5.74, 6) is -1.76. The van der Waals surface area contributed by atoms with Gasteiger partial charge in [0.2, 0.25) is 5.91 Å². The van der Waals surface area contributed by atoms with Crippen LogP contribution in [0.15, 0.2) is 91.0 Å². The summed E-state index contributed by atoms with van der Waals surface area (Å²) in [5.41, 5.74) is 4.49. The fraction of sp³-hybridized carbons (Fsp3) is 0.233. The van der Waals surface area contributed by atoms with Crippen LogP contribution in [0.3, 0.4) is 0 Å². The zero-order valence-corrected chi connectivity index (χ0v) is 24.2. The summed E-state index contributed by atoms with van der Waals surface area (Å²) in [5, 5.41) is 25.1. The van der Waals surface area contributed by atoms with Crippen molar-refractivity contribution < 1.29 is 33.8 Å². The molecular weight excluding hydrogens is 588 g/mol. The number of hydrogen-bond donors (Lipinski definition) is 7. The van der Waals surface area contributed by atoms with Crippen LogP contribution in [0.4, 0.5) is 26.7 Å². The van der Waals surface area contributed by atoms with E-state index >= 15 is 0 Å². The van der Waals surface area contributed by atoms with Crippen LogP contribution in [0.25, 0.3) is 0 Å². The van der Waals surface area contributed by atoms with Crippen LogP contribution in [-0.4, -0.2) is 64.6 Å². The topological polar surface area (TPSA) is 193 Å². The van der Waals surface area contributed by atoms with E-state index in [1.165, 1.54) is 0 Å². The van der Waals surface area contributed by atoms with Crippen LogP contribution in [-0.2, 0) is 19.1 Å². The molecule has 4 rings (SSSR count). The molecule has 0 spiro atoms. The number of para-hydroxylation sites is 3. The lowest BCUT2D eigenvalue weighted by Crippen LogP contribution is -2.65. The van der Waals surface area contributed by atoms with Crippen molar-refractivity contribution in [3.8, 4) is 0 Å². The summed E-state index contributed by atoms with van der Waals surface area (Å²) in [6, 6.07) is 24.9. The van der Waals surface area contributed by atoms with Crippen molar-refractivity contribution in [2.75, 3.05) is 22.5 Å². The van der Waals surface area contributed by atoms with Crippen molar-refractivity contribution >= 4 is 58.4 Å². The molecule has 3 aromatic rings. The van der Waals surface area contributed by atoms with Gasteiger partial charge in [0.05, 0.1) is 12.6 Å². The molecule has 0 heterocycles. The number of primary amides is 1. The first-order valence-electron chi connectivity index (χ1n) is 13.6. The molecule has 3 aromatic carbocycles. The zero-order valence-electron chi connectivity index (χ0n) is 23.4. The summed E-state index contributed by atoms with van der Waals surface area (Å²) in [6.07, 6.45) is -5.26. The first-order chi connectivity index (χ1) is 21.1. The number of nitrogens with two attached hydrogens (primary N) is 1. The van der Waals surface area contributed by atoms with Gasteiger partial charge in [-0.15, -0.1) is 0 Å². The molecule has 1 saturated carbocycles. The molecule has 13 nitrogen and oxygen atoms in total. The second kappa shape index (κ2) is 14.8. The maximum atomic E-state index is 13.1. The maximum absolute atomic E-state index is 13.1. The molecule has 4 amide bonds. The first kappa shape index (κ1) is 31.7. The molecule has 4 atom stereocenters. The minimum Gasteiger partial charge on any atom is -0.442 e. The Bertz CT molecular complexity index is 1400. The third-order valence-electron chi connectivity index (χ3n) is 6.60. The standard InChI is InChI=1S/C30H32N6O7S/c31-24(37)18-32-26(38)30(41)16-22(36-27(44)33-19-10-4-1-5-11-19)25(43-29(40)35-21-14-8-3-9-15-21)23(17-30)42-28(39)34-20-12-6-2-7-13-20/h1-15,22-23,25,41H,16-18H2,(H2,31,37)(H,32,38)(H,34,39)(H,35,40)(H2,33,36,44)/t22-,23+,25+,30-/m0/s1. The SMILES string of the molecule is NC(=O)CNC(=O)[C@]1(O)C[C@H](NC(=S)Nc2ccccc2)[C@@H](OC(=O)Nc2ccccc2)[C@H](OC(=O)Nc2ccccc2)C1. The lowest BCUT2D eigenvalue weighted by molar-refractivity contribution is -0.157. The molecule has 1 aliphatic carbocycles. The number of amides is 4. The Kier molecular flexibility index (Phi) is 10.7. The van der Waals surface area contributed by atoms with E-state index in [0.29, 0.717) is 17.1 Å². The number of carbonyl (C=O) groups is 4. The van der Waals surface area contributed by atoms with Crippen molar-refractivity contribution in [2.24, 2.45) is 5.73 Å². The van der Waals surface area contributed by atoms with Gasteiger partial charge >= 0.3 is 12.2 Å². The molecule has 8 N–H and O–H groups in total. The number of nitrogens with one attached hydrogen (secondary N) is 5. The van der Waals surface area contributed by atoms with Crippen LogP contribution in [0.2, 0.25) is 0 Å². The van der Waals surface area contributed by atoms with E-state index in [-0.39, 0.29) is 11.5 Å². The van der Waals surface area contributed by atoms with Crippen LogP contribution < -0.4 is 32.3 Å². The van der Waals surface area contributed by atoms with Crippen LogP contribution >= 0.6 is 12.2 Å². The Labute approximate surface area is 258 Å². The highest BCUT2D eigenvalue weighted by atomic mass is 32.1. The third kappa shape index (κ3) is 9.14. The summed E-state index contributed by atoms with van der Waals surface area (Å²) >= 11 is 5.49. The summed E-state index contributed by atoms with van der Waals surface area (Å²) in [6.45, 7) is -0.535. The quantitative estimate of drug-likeness (QED) is 0.175. The third-order valence-corrected chi connectivity index (χ3v) is 6.82. The largest absolute Gasteiger partial charge is 0.442 e. The smallest absolute Gasteiger partial charge is 0.412 e. The van der Waals surface area contributed by atoms with Crippen molar-refractivity contribution in [1.29, 1.82) is 0 Å². The summed E-state index contributed by atoms with van der Waals surface area (Å²) < 4.78 is 11.4. The summed E-state index contributed by atoms with van der Waals surface area (Å²) in [7, 11) is 0. The highest BCUT2D eigenvalue weighted by Crippen LogP contribution is 2.34. The fourth-order valence-corrected chi connectivity index (χ4v) is 4.91. The van der Waals surface area contributed by atoms with Crippen molar-refractivity contribution in [2.45, 2.75) is 36.7 Å². The van der Waals surface area contributed by atoms with E-state index in [4.69, 9.17) is 27.4 Å². The van der Waals surface area contributed by atoms with Crippen molar-refractivity contribution in [3.05, 3.63) is 91.0 Å². The fourth-order valence-electron chi connectivity index (χ4n) is 4.64. The van der Waals surface area contributed by atoms with Gasteiger partial charge in [0.25, 0.3) is 5.91 Å². The van der Waals surface area contributed by atoms with Gasteiger partial charge in [0.15, 0.2) is 11.2 Å². The minimum absolute atomic E-state index is 0.0764. The molecule has 0 unspecified atom stereocenters. The Hall–Kier alpha value is -5.21. The average Bonchev–Trinajstić information content (AvgIpc) is 2.99. The Morgan fingerprint density at radius 1 is 0.773 bits per heavy atom. The lowest BCUT2D eigenvalue weighted by Gasteiger charge is -2.44. The molecule has 44 heavy (non-hydrogen) atoms.